The summed E-state index contributed by atoms with van der Waals surface area (Å²) in [6, 6.07) is 5.37. The Bertz CT molecular complexity index is 457. The van der Waals surface area contributed by atoms with Crippen LogP contribution in [-0.2, 0) is 6.54 Å². The smallest absolute Gasteiger partial charge is 0.128 e. The number of nitrogens with one attached hydrogen (secondary N) is 1. The summed E-state index contributed by atoms with van der Waals surface area (Å²) in [5.41, 5.74) is 1.11. The minimum absolute atomic E-state index is 0.103. The molecule has 0 amide bonds. The molecule has 1 aromatic carbocycles. The molecule has 0 unspecified atom stereocenters. The van der Waals surface area contributed by atoms with Gasteiger partial charge in [0.2, 0.25) is 0 Å². The van der Waals surface area contributed by atoms with Crippen LogP contribution in [0.1, 0.15) is 31.2 Å². The second-order valence-corrected chi connectivity index (χ2v) is 6.78. The Labute approximate surface area is 122 Å². The Morgan fingerprint density at radius 3 is 2.84 bits per heavy atom. The molecule has 1 aliphatic carbocycles. The topological polar surface area (TPSA) is 15.3 Å². The monoisotopic (exact) mass is 326 g/mol. The van der Waals surface area contributed by atoms with Crippen LogP contribution >= 0.6 is 15.9 Å². The number of benzene rings is 1. The molecule has 0 aromatic heterocycles. The first-order valence-electron chi connectivity index (χ1n) is 7.08. The van der Waals surface area contributed by atoms with Gasteiger partial charge in [-0.15, -0.1) is 0 Å². The van der Waals surface area contributed by atoms with Crippen LogP contribution in [0.4, 0.5) is 4.39 Å². The SMILES string of the molecule is Fc1cc(Br)ccc1CN1CCNC2(CCCC2)C1. The molecule has 1 saturated heterocycles. The van der Waals surface area contributed by atoms with Crippen molar-refractivity contribution in [1.82, 2.24) is 10.2 Å². The van der Waals surface area contributed by atoms with Crippen molar-refractivity contribution in [2.45, 2.75) is 37.8 Å². The Balaban J connectivity index is 1.69. The second kappa shape index (κ2) is 5.51. The molecule has 1 aliphatic heterocycles. The summed E-state index contributed by atoms with van der Waals surface area (Å²) >= 11 is 3.31. The molecular weight excluding hydrogens is 307 g/mol. The summed E-state index contributed by atoms with van der Waals surface area (Å²) in [5.74, 6) is -0.103. The molecule has 2 aliphatic rings. The predicted molar refractivity (Wildman–Crippen MR) is 78.6 cm³/mol. The molecule has 0 bridgehead atoms. The molecule has 3 rings (SSSR count). The van der Waals surface area contributed by atoms with Gasteiger partial charge in [-0.05, 0) is 25.0 Å². The highest BCUT2D eigenvalue weighted by Crippen LogP contribution is 2.32. The highest BCUT2D eigenvalue weighted by atomic mass is 79.9. The van der Waals surface area contributed by atoms with Gasteiger partial charge >= 0.3 is 0 Å². The molecule has 1 saturated carbocycles. The predicted octanol–water partition coefficient (Wildman–Crippen LogP) is 3.31. The molecule has 2 fully saturated rings. The van der Waals surface area contributed by atoms with Crippen molar-refractivity contribution >= 4 is 15.9 Å². The van der Waals surface area contributed by atoms with Gasteiger partial charge in [-0.25, -0.2) is 4.39 Å². The summed E-state index contributed by atoms with van der Waals surface area (Å²) in [6.07, 6.45) is 5.19. The fourth-order valence-corrected chi connectivity index (χ4v) is 3.79. The number of rotatable bonds is 2. The minimum Gasteiger partial charge on any atom is -0.309 e. The van der Waals surface area contributed by atoms with Crippen LogP contribution in [0.25, 0.3) is 0 Å². The molecular formula is C15H20BrFN2. The van der Waals surface area contributed by atoms with Crippen LogP contribution in [0.5, 0.6) is 0 Å². The van der Waals surface area contributed by atoms with Crippen LogP contribution in [-0.4, -0.2) is 30.1 Å². The van der Waals surface area contributed by atoms with E-state index < -0.39 is 0 Å². The van der Waals surface area contributed by atoms with Gasteiger partial charge in [0.25, 0.3) is 0 Å². The molecule has 1 heterocycles. The highest BCUT2D eigenvalue weighted by molar-refractivity contribution is 9.10. The standard InChI is InChI=1S/C15H20BrFN2/c16-13-4-3-12(14(17)9-13)10-19-8-7-18-15(11-19)5-1-2-6-15/h3-4,9,18H,1-2,5-8,10-11H2. The van der Waals surface area contributed by atoms with Gasteiger partial charge < -0.3 is 5.32 Å². The lowest BCUT2D eigenvalue weighted by Crippen LogP contribution is -2.58. The summed E-state index contributed by atoms with van der Waals surface area (Å²) in [7, 11) is 0. The van der Waals surface area contributed by atoms with Crippen LogP contribution in [0.3, 0.4) is 0 Å². The van der Waals surface area contributed by atoms with Crippen molar-refractivity contribution in [1.29, 1.82) is 0 Å². The summed E-state index contributed by atoms with van der Waals surface area (Å²) in [4.78, 5) is 2.40. The van der Waals surface area contributed by atoms with E-state index in [9.17, 15) is 4.39 Å². The van der Waals surface area contributed by atoms with Crippen LogP contribution in [0, 0.1) is 5.82 Å². The lowest BCUT2D eigenvalue weighted by Gasteiger charge is -2.41. The van der Waals surface area contributed by atoms with Gasteiger partial charge in [0, 0.05) is 41.8 Å². The average Bonchev–Trinajstić information content (AvgIpc) is 2.81. The molecule has 4 heteroatoms. The zero-order valence-electron chi connectivity index (χ0n) is 11.1. The van der Waals surface area contributed by atoms with E-state index in [1.807, 2.05) is 12.1 Å². The van der Waals surface area contributed by atoms with E-state index in [0.717, 1.165) is 36.2 Å². The van der Waals surface area contributed by atoms with Crippen molar-refractivity contribution in [3.05, 3.63) is 34.1 Å². The Hall–Kier alpha value is -0.450. The van der Waals surface area contributed by atoms with E-state index in [2.05, 4.69) is 26.1 Å². The van der Waals surface area contributed by atoms with Crippen LogP contribution in [0.15, 0.2) is 22.7 Å². The second-order valence-electron chi connectivity index (χ2n) is 5.86. The number of hydrogen-bond donors (Lipinski definition) is 1. The zero-order chi connectivity index (χ0) is 13.3. The Kier molecular flexibility index (Phi) is 3.92. The summed E-state index contributed by atoms with van der Waals surface area (Å²) < 4.78 is 14.7. The van der Waals surface area contributed by atoms with E-state index in [1.165, 1.54) is 25.7 Å². The maximum absolute atomic E-state index is 13.9. The van der Waals surface area contributed by atoms with E-state index in [0.29, 0.717) is 5.54 Å². The Morgan fingerprint density at radius 1 is 1.32 bits per heavy atom. The molecule has 1 spiro atoms. The third kappa shape index (κ3) is 3.01. The first-order valence-corrected chi connectivity index (χ1v) is 7.88. The molecule has 19 heavy (non-hydrogen) atoms. The largest absolute Gasteiger partial charge is 0.309 e. The lowest BCUT2D eigenvalue weighted by molar-refractivity contribution is 0.127. The summed E-state index contributed by atoms with van der Waals surface area (Å²) in [5, 5.41) is 3.69. The lowest BCUT2D eigenvalue weighted by atomic mass is 9.94. The molecule has 0 atom stereocenters. The minimum atomic E-state index is -0.103. The number of hydrogen-bond acceptors (Lipinski definition) is 2. The molecule has 1 aromatic rings. The Morgan fingerprint density at radius 2 is 2.11 bits per heavy atom. The first kappa shape index (κ1) is 13.5. The van der Waals surface area contributed by atoms with Crippen molar-refractivity contribution in [2.75, 3.05) is 19.6 Å². The van der Waals surface area contributed by atoms with E-state index in [-0.39, 0.29) is 5.82 Å². The zero-order valence-corrected chi connectivity index (χ0v) is 12.7. The third-order valence-corrected chi connectivity index (χ3v) is 4.92. The average molecular weight is 327 g/mol. The van der Waals surface area contributed by atoms with Crippen molar-refractivity contribution in [3.8, 4) is 0 Å². The van der Waals surface area contributed by atoms with Crippen LogP contribution in [0.2, 0.25) is 0 Å². The van der Waals surface area contributed by atoms with E-state index in [4.69, 9.17) is 0 Å². The van der Waals surface area contributed by atoms with E-state index in [1.54, 1.807) is 6.07 Å². The van der Waals surface area contributed by atoms with Gasteiger partial charge in [-0.1, -0.05) is 34.8 Å². The number of nitrogens with zero attached hydrogens (tertiary/aromatic N) is 1. The highest BCUT2D eigenvalue weighted by Gasteiger charge is 2.37. The van der Waals surface area contributed by atoms with Gasteiger partial charge in [0.15, 0.2) is 0 Å². The van der Waals surface area contributed by atoms with Gasteiger partial charge in [0.1, 0.15) is 5.82 Å². The number of piperazine rings is 1. The van der Waals surface area contributed by atoms with E-state index >= 15 is 0 Å². The van der Waals surface area contributed by atoms with Crippen molar-refractivity contribution in [3.63, 3.8) is 0 Å². The van der Waals surface area contributed by atoms with Crippen molar-refractivity contribution in [2.24, 2.45) is 0 Å². The summed E-state index contributed by atoms with van der Waals surface area (Å²) in [6.45, 7) is 3.82. The van der Waals surface area contributed by atoms with Crippen LogP contribution < -0.4 is 5.32 Å². The fourth-order valence-electron chi connectivity index (χ4n) is 3.45. The molecule has 104 valence electrons. The third-order valence-electron chi connectivity index (χ3n) is 4.42. The molecule has 2 nitrogen and oxygen atoms in total. The number of halogens is 2. The van der Waals surface area contributed by atoms with Gasteiger partial charge in [-0.2, -0.15) is 0 Å². The van der Waals surface area contributed by atoms with Crippen molar-refractivity contribution < 1.29 is 4.39 Å². The van der Waals surface area contributed by atoms with Gasteiger partial charge in [0.05, 0.1) is 0 Å². The van der Waals surface area contributed by atoms with Gasteiger partial charge in [-0.3, -0.25) is 4.90 Å². The fraction of sp³-hybridized carbons (Fsp3) is 0.600. The normalized spacial score (nSPS) is 23.1. The first-order chi connectivity index (χ1) is 9.17. The molecule has 1 N–H and O–H groups in total. The maximum Gasteiger partial charge on any atom is 0.128 e. The molecule has 0 radical (unpaired) electrons. The maximum atomic E-state index is 13.9. The quantitative estimate of drug-likeness (QED) is 0.897.